The number of pyridine rings is 1. The summed E-state index contributed by atoms with van der Waals surface area (Å²) in [6.07, 6.45) is 2.50. The second-order valence-corrected chi connectivity index (χ2v) is 4.39. The topological polar surface area (TPSA) is 22.1 Å². The predicted octanol–water partition coefficient (Wildman–Crippen LogP) is 3.16. The van der Waals surface area contributed by atoms with Crippen molar-refractivity contribution in [3.63, 3.8) is 0 Å². The maximum Gasteiger partial charge on any atom is 0.509 e. The molecule has 0 spiro atoms. The molecule has 0 atom stereocenters. The number of hydrogen-bond acceptors (Lipinski definition) is 2. The van der Waals surface area contributed by atoms with Crippen LogP contribution in [0, 0.1) is 12.7 Å². The first-order valence-corrected chi connectivity index (χ1v) is 5.89. The fourth-order valence-electron chi connectivity index (χ4n) is 1.81. The normalized spacial score (nSPS) is 11.4. The molecule has 0 N–H and O–H groups in total. The van der Waals surface area contributed by atoms with Crippen molar-refractivity contribution in [3.8, 4) is 5.75 Å². The van der Waals surface area contributed by atoms with Crippen LogP contribution in [0.3, 0.4) is 0 Å². The molecule has 0 saturated heterocycles. The number of ether oxygens (including phenoxy) is 1. The first kappa shape index (κ1) is 14.4. The van der Waals surface area contributed by atoms with E-state index in [1.165, 1.54) is 31.3 Å². The highest BCUT2D eigenvalue weighted by molar-refractivity contribution is 6.74. The molecule has 2 rings (SSSR count). The number of hydrogen-bond donors (Lipinski definition) is 0. The number of nitrogens with zero attached hydrogens (tertiary/aromatic N) is 1. The van der Waals surface area contributed by atoms with Crippen LogP contribution >= 0.6 is 0 Å². The first-order chi connectivity index (χ1) is 9.36. The SMILES string of the molecule is Cc1cc(OCc2cncc(F)c2)ccc1[B-](F)(F)F. The third-order valence-electron chi connectivity index (χ3n) is 2.76. The van der Waals surface area contributed by atoms with Crippen LogP contribution in [0.4, 0.5) is 17.3 Å². The molecular weight excluding hydrogens is 273 g/mol. The standard InChI is InChI=1S/C13H11BF4NO/c1-9-4-12(2-3-13(9)14(16,17)18)20-8-10-5-11(15)7-19-6-10/h2-7H,8H2,1H3/q-1. The van der Waals surface area contributed by atoms with Crippen molar-refractivity contribution in [2.24, 2.45) is 0 Å². The highest BCUT2D eigenvalue weighted by Crippen LogP contribution is 2.18. The summed E-state index contributed by atoms with van der Waals surface area (Å²) in [6, 6.07) is 4.82. The van der Waals surface area contributed by atoms with Gasteiger partial charge in [-0.25, -0.2) is 4.39 Å². The lowest BCUT2D eigenvalue weighted by Crippen LogP contribution is -2.35. The Morgan fingerprint density at radius 3 is 2.50 bits per heavy atom. The monoisotopic (exact) mass is 284 g/mol. The van der Waals surface area contributed by atoms with Crippen LogP contribution in [0.2, 0.25) is 0 Å². The lowest BCUT2D eigenvalue weighted by Gasteiger charge is -2.18. The second kappa shape index (κ2) is 5.52. The van der Waals surface area contributed by atoms with Gasteiger partial charge in [-0.3, -0.25) is 4.98 Å². The lowest BCUT2D eigenvalue weighted by molar-refractivity contribution is 0.305. The zero-order chi connectivity index (χ0) is 14.8. The van der Waals surface area contributed by atoms with E-state index < -0.39 is 18.3 Å². The molecule has 0 aliphatic rings. The zero-order valence-corrected chi connectivity index (χ0v) is 10.6. The average molecular weight is 284 g/mol. The van der Waals surface area contributed by atoms with E-state index in [0.717, 1.165) is 12.3 Å². The van der Waals surface area contributed by atoms with Crippen molar-refractivity contribution in [2.75, 3.05) is 0 Å². The molecule has 7 heteroatoms. The molecule has 20 heavy (non-hydrogen) atoms. The van der Waals surface area contributed by atoms with Crippen molar-refractivity contribution in [1.29, 1.82) is 0 Å². The van der Waals surface area contributed by atoms with Gasteiger partial charge in [0.2, 0.25) is 0 Å². The molecule has 1 aromatic heterocycles. The van der Waals surface area contributed by atoms with Crippen LogP contribution in [0.1, 0.15) is 11.1 Å². The largest absolute Gasteiger partial charge is 0.509 e. The third-order valence-corrected chi connectivity index (χ3v) is 2.76. The van der Waals surface area contributed by atoms with E-state index in [2.05, 4.69) is 4.98 Å². The van der Waals surface area contributed by atoms with Gasteiger partial charge in [0.05, 0.1) is 6.20 Å². The molecule has 2 aromatic rings. The minimum absolute atomic E-state index is 0.0424. The summed E-state index contributed by atoms with van der Waals surface area (Å²) in [5, 5.41) is 0. The van der Waals surface area contributed by atoms with E-state index in [0.29, 0.717) is 11.3 Å². The van der Waals surface area contributed by atoms with Gasteiger partial charge in [-0.05, 0) is 25.1 Å². The van der Waals surface area contributed by atoms with E-state index in [4.69, 9.17) is 4.74 Å². The van der Waals surface area contributed by atoms with Crippen LogP contribution in [0.25, 0.3) is 0 Å². The molecule has 0 aliphatic carbocycles. The van der Waals surface area contributed by atoms with Gasteiger partial charge in [0.15, 0.2) is 0 Å². The Morgan fingerprint density at radius 2 is 1.90 bits per heavy atom. The Kier molecular flexibility index (Phi) is 3.97. The first-order valence-electron chi connectivity index (χ1n) is 5.89. The van der Waals surface area contributed by atoms with Crippen LogP contribution in [-0.4, -0.2) is 12.0 Å². The van der Waals surface area contributed by atoms with E-state index in [9.17, 15) is 17.3 Å². The molecule has 0 bridgehead atoms. The summed E-state index contributed by atoms with van der Waals surface area (Å²) in [7, 11) is 0. The maximum atomic E-state index is 12.9. The number of halogens is 4. The van der Waals surface area contributed by atoms with Gasteiger partial charge in [0.1, 0.15) is 18.2 Å². The number of aromatic nitrogens is 1. The summed E-state index contributed by atoms with van der Waals surface area (Å²) in [6.45, 7) is -3.61. The molecular formula is C13H11BF4NO-. The van der Waals surface area contributed by atoms with Crippen molar-refractivity contribution in [1.82, 2.24) is 4.98 Å². The molecule has 1 aromatic carbocycles. The van der Waals surface area contributed by atoms with Gasteiger partial charge >= 0.3 is 6.98 Å². The third kappa shape index (κ3) is 3.49. The molecule has 0 unspecified atom stereocenters. The predicted molar refractivity (Wildman–Crippen MR) is 68.4 cm³/mol. The van der Waals surface area contributed by atoms with Crippen LogP contribution in [0.15, 0.2) is 36.7 Å². The molecule has 0 saturated carbocycles. The zero-order valence-electron chi connectivity index (χ0n) is 10.6. The fourth-order valence-corrected chi connectivity index (χ4v) is 1.81. The molecule has 2 nitrogen and oxygen atoms in total. The fraction of sp³-hybridized carbons (Fsp3) is 0.154. The second-order valence-electron chi connectivity index (χ2n) is 4.39. The van der Waals surface area contributed by atoms with Crippen molar-refractivity contribution in [3.05, 3.63) is 53.6 Å². The van der Waals surface area contributed by atoms with Crippen LogP contribution < -0.4 is 10.2 Å². The van der Waals surface area contributed by atoms with Gasteiger partial charge in [-0.2, -0.15) is 0 Å². The molecule has 106 valence electrons. The molecule has 0 fully saturated rings. The van der Waals surface area contributed by atoms with Gasteiger partial charge < -0.3 is 17.7 Å². The highest BCUT2D eigenvalue weighted by Gasteiger charge is 2.27. The Labute approximate surface area is 113 Å². The molecule has 0 aliphatic heterocycles. The van der Waals surface area contributed by atoms with E-state index >= 15 is 0 Å². The van der Waals surface area contributed by atoms with E-state index in [1.807, 2.05) is 0 Å². The highest BCUT2D eigenvalue weighted by atomic mass is 19.4. The summed E-state index contributed by atoms with van der Waals surface area (Å²) < 4.78 is 56.2. The van der Waals surface area contributed by atoms with Crippen molar-refractivity contribution >= 4 is 12.4 Å². The number of rotatable bonds is 4. The summed E-state index contributed by atoms with van der Waals surface area (Å²) in [4.78, 5) is 3.66. The number of aryl methyl sites for hydroxylation is 1. The van der Waals surface area contributed by atoms with Crippen LogP contribution in [0.5, 0.6) is 5.75 Å². The van der Waals surface area contributed by atoms with E-state index in [1.54, 1.807) is 0 Å². The van der Waals surface area contributed by atoms with Gasteiger partial charge in [-0.1, -0.05) is 11.6 Å². The minimum atomic E-state index is -5.02. The average Bonchev–Trinajstić information content (AvgIpc) is 2.35. The van der Waals surface area contributed by atoms with Gasteiger partial charge in [0.25, 0.3) is 0 Å². The van der Waals surface area contributed by atoms with Crippen molar-refractivity contribution in [2.45, 2.75) is 13.5 Å². The molecule has 0 radical (unpaired) electrons. The van der Waals surface area contributed by atoms with Gasteiger partial charge in [-0.15, -0.1) is 5.46 Å². The van der Waals surface area contributed by atoms with Crippen molar-refractivity contribution < 1.29 is 22.1 Å². The minimum Gasteiger partial charge on any atom is -0.489 e. The summed E-state index contributed by atoms with van der Waals surface area (Å²) in [5.41, 5.74) is -0.0242. The summed E-state index contributed by atoms with van der Waals surface area (Å²) >= 11 is 0. The smallest absolute Gasteiger partial charge is 0.489 e. The van der Waals surface area contributed by atoms with Crippen LogP contribution in [-0.2, 0) is 6.61 Å². The summed E-state index contributed by atoms with van der Waals surface area (Å²) in [5.74, 6) is -0.187. The quantitative estimate of drug-likeness (QED) is 0.635. The Morgan fingerprint density at radius 1 is 1.15 bits per heavy atom. The molecule has 1 heterocycles. The van der Waals surface area contributed by atoms with E-state index in [-0.39, 0.29) is 12.2 Å². The Hall–Kier alpha value is -2.05. The Bertz CT molecular complexity index is 616. The number of benzene rings is 1. The maximum absolute atomic E-state index is 12.9. The molecule has 0 amide bonds. The van der Waals surface area contributed by atoms with Gasteiger partial charge in [0, 0.05) is 11.8 Å². The Balaban J connectivity index is 2.10. The lowest BCUT2D eigenvalue weighted by atomic mass is 9.77.